The molecule has 94 valence electrons. The van der Waals surface area contributed by atoms with Crippen LogP contribution in [0.1, 0.15) is 5.56 Å². The summed E-state index contributed by atoms with van der Waals surface area (Å²) in [6, 6.07) is 3.88. The first-order valence-corrected chi connectivity index (χ1v) is 5.37. The maximum Gasteiger partial charge on any atom is 0.234 e. The molecule has 0 aliphatic carbocycles. The van der Waals surface area contributed by atoms with Crippen molar-refractivity contribution < 1.29 is 14.3 Å². The molecule has 17 heavy (non-hydrogen) atoms. The summed E-state index contributed by atoms with van der Waals surface area (Å²) in [6.07, 6.45) is 0.491. The average molecular weight is 240 g/mol. The third-order valence-electron chi connectivity index (χ3n) is 2.14. The summed E-state index contributed by atoms with van der Waals surface area (Å²) in [5.74, 6) is -0.644. The van der Waals surface area contributed by atoms with Gasteiger partial charge in [-0.1, -0.05) is 0 Å². The van der Waals surface area contributed by atoms with Gasteiger partial charge in [-0.25, -0.2) is 4.39 Å². The van der Waals surface area contributed by atoms with Crippen molar-refractivity contribution in [1.82, 2.24) is 10.2 Å². The van der Waals surface area contributed by atoms with E-state index < -0.39 is 5.82 Å². The van der Waals surface area contributed by atoms with Crippen LogP contribution >= 0.6 is 0 Å². The summed E-state index contributed by atoms with van der Waals surface area (Å²) in [5, 5.41) is 11.9. The van der Waals surface area contributed by atoms with Crippen molar-refractivity contribution in [2.75, 3.05) is 27.2 Å². The number of phenolic OH excluding ortho intramolecular Hbond substituents is 1. The molecule has 0 bridgehead atoms. The van der Waals surface area contributed by atoms with Gasteiger partial charge in [0.15, 0.2) is 0 Å². The molecule has 0 aliphatic rings. The minimum atomic E-state index is -0.473. The summed E-state index contributed by atoms with van der Waals surface area (Å²) in [4.78, 5) is 13.1. The molecular formula is C12H17FN2O2. The highest BCUT2D eigenvalue weighted by Gasteiger charge is 2.03. The molecule has 0 atom stereocenters. The highest BCUT2D eigenvalue weighted by molar-refractivity contribution is 5.77. The van der Waals surface area contributed by atoms with Crippen LogP contribution in [0, 0.1) is 5.82 Å². The van der Waals surface area contributed by atoms with Crippen molar-refractivity contribution in [3.8, 4) is 5.75 Å². The Labute approximate surface area is 100 Å². The largest absolute Gasteiger partial charge is 0.508 e. The maximum atomic E-state index is 12.9. The van der Waals surface area contributed by atoms with Crippen LogP contribution in [0.3, 0.4) is 0 Å². The molecular weight excluding hydrogens is 223 g/mol. The highest BCUT2D eigenvalue weighted by Crippen LogP contribution is 2.14. The summed E-state index contributed by atoms with van der Waals surface area (Å²) >= 11 is 0. The Morgan fingerprint density at radius 3 is 2.71 bits per heavy atom. The molecule has 5 heteroatoms. The van der Waals surface area contributed by atoms with Gasteiger partial charge in [-0.15, -0.1) is 0 Å². The molecule has 0 saturated carbocycles. The van der Waals surface area contributed by atoms with Crippen molar-refractivity contribution in [1.29, 1.82) is 0 Å². The van der Waals surface area contributed by atoms with Gasteiger partial charge in [-0.05, 0) is 38.2 Å². The van der Waals surface area contributed by atoms with Crippen LogP contribution in [-0.2, 0) is 11.2 Å². The summed E-state index contributed by atoms with van der Waals surface area (Å²) < 4.78 is 12.9. The Morgan fingerprint density at radius 1 is 1.41 bits per heavy atom. The van der Waals surface area contributed by atoms with Crippen LogP contribution in [0.15, 0.2) is 18.2 Å². The van der Waals surface area contributed by atoms with Gasteiger partial charge in [0.05, 0.1) is 6.54 Å². The topological polar surface area (TPSA) is 52.6 Å². The van der Waals surface area contributed by atoms with Gasteiger partial charge in [-0.3, -0.25) is 4.79 Å². The van der Waals surface area contributed by atoms with Gasteiger partial charge >= 0.3 is 0 Å². The van der Waals surface area contributed by atoms with Crippen molar-refractivity contribution >= 4 is 5.91 Å². The molecule has 0 aromatic heterocycles. The Hall–Kier alpha value is -1.62. The first kappa shape index (κ1) is 13.4. The second-order valence-corrected chi connectivity index (χ2v) is 4.16. The molecule has 1 aromatic carbocycles. The van der Waals surface area contributed by atoms with Gasteiger partial charge in [0.25, 0.3) is 0 Å². The lowest BCUT2D eigenvalue weighted by Crippen LogP contribution is -2.34. The standard InChI is InChI=1S/C12H17FN2O2/c1-15(2)8-12(17)14-4-3-9-5-10(13)7-11(16)6-9/h5-7,16H,3-4,8H2,1-2H3,(H,14,17). The molecule has 0 spiro atoms. The number of aromatic hydroxyl groups is 1. The molecule has 1 aromatic rings. The SMILES string of the molecule is CN(C)CC(=O)NCCc1cc(O)cc(F)c1. The van der Waals surface area contributed by atoms with Crippen molar-refractivity contribution in [3.63, 3.8) is 0 Å². The molecule has 0 radical (unpaired) electrons. The fraction of sp³-hybridized carbons (Fsp3) is 0.417. The molecule has 1 amide bonds. The maximum absolute atomic E-state index is 12.9. The lowest BCUT2D eigenvalue weighted by molar-refractivity contribution is -0.121. The van der Waals surface area contributed by atoms with E-state index in [1.54, 1.807) is 4.90 Å². The number of phenols is 1. The Morgan fingerprint density at radius 2 is 2.12 bits per heavy atom. The van der Waals surface area contributed by atoms with E-state index in [-0.39, 0.29) is 11.7 Å². The number of amides is 1. The van der Waals surface area contributed by atoms with Crippen LogP contribution in [0.25, 0.3) is 0 Å². The van der Waals surface area contributed by atoms with Gasteiger partial charge in [-0.2, -0.15) is 0 Å². The number of benzene rings is 1. The third kappa shape index (κ3) is 5.31. The number of hydrogen-bond acceptors (Lipinski definition) is 3. The summed E-state index contributed by atoms with van der Waals surface area (Å²) in [5.41, 5.74) is 0.660. The van der Waals surface area contributed by atoms with Gasteiger partial charge in [0.2, 0.25) is 5.91 Å². The molecule has 2 N–H and O–H groups in total. The van der Waals surface area contributed by atoms with Crippen molar-refractivity contribution in [2.24, 2.45) is 0 Å². The highest BCUT2D eigenvalue weighted by atomic mass is 19.1. The van der Waals surface area contributed by atoms with Crippen molar-refractivity contribution in [3.05, 3.63) is 29.6 Å². The lowest BCUT2D eigenvalue weighted by Gasteiger charge is -2.10. The van der Waals surface area contributed by atoms with Gasteiger partial charge < -0.3 is 15.3 Å². The number of nitrogens with zero attached hydrogens (tertiary/aromatic N) is 1. The normalized spacial score (nSPS) is 10.6. The van der Waals surface area contributed by atoms with Crippen LogP contribution in [0.5, 0.6) is 5.75 Å². The third-order valence-corrected chi connectivity index (χ3v) is 2.14. The van der Waals surface area contributed by atoms with E-state index in [9.17, 15) is 14.3 Å². The van der Waals surface area contributed by atoms with E-state index in [1.807, 2.05) is 14.1 Å². The molecule has 0 aliphatic heterocycles. The molecule has 0 fully saturated rings. The second-order valence-electron chi connectivity index (χ2n) is 4.16. The number of nitrogens with one attached hydrogen (secondary N) is 1. The van der Waals surface area contributed by atoms with Crippen LogP contribution in [0.2, 0.25) is 0 Å². The molecule has 0 unspecified atom stereocenters. The predicted molar refractivity (Wildman–Crippen MR) is 63.3 cm³/mol. The molecule has 1 rings (SSSR count). The number of hydrogen-bond donors (Lipinski definition) is 2. The first-order chi connectivity index (χ1) is 7.97. The van der Waals surface area contributed by atoms with Gasteiger partial charge in [0, 0.05) is 12.6 Å². The van der Waals surface area contributed by atoms with Gasteiger partial charge in [0.1, 0.15) is 11.6 Å². The Kier molecular flexibility index (Phi) is 4.90. The molecule has 0 saturated heterocycles. The first-order valence-electron chi connectivity index (χ1n) is 5.37. The summed E-state index contributed by atoms with van der Waals surface area (Å²) in [7, 11) is 3.62. The Bertz CT molecular complexity index is 374. The second kappa shape index (κ2) is 6.20. The number of likely N-dealkylation sites (N-methyl/N-ethyl adjacent to an activating group) is 1. The zero-order chi connectivity index (χ0) is 12.8. The molecule has 4 nitrogen and oxygen atoms in total. The van der Waals surface area contributed by atoms with Crippen molar-refractivity contribution in [2.45, 2.75) is 6.42 Å². The minimum Gasteiger partial charge on any atom is -0.508 e. The van der Waals surface area contributed by atoms with Crippen LogP contribution in [0.4, 0.5) is 4.39 Å². The number of carbonyl (C=O) groups is 1. The zero-order valence-electron chi connectivity index (χ0n) is 10.0. The van der Waals surface area contributed by atoms with E-state index in [4.69, 9.17) is 0 Å². The van der Waals surface area contributed by atoms with E-state index >= 15 is 0 Å². The Balaban J connectivity index is 2.38. The molecule has 0 heterocycles. The zero-order valence-corrected chi connectivity index (χ0v) is 10.0. The van der Waals surface area contributed by atoms with Crippen LogP contribution < -0.4 is 5.32 Å². The van der Waals surface area contributed by atoms with E-state index in [1.165, 1.54) is 12.1 Å². The lowest BCUT2D eigenvalue weighted by atomic mass is 10.1. The smallest absolute Gasteiger partial charge is 0.234 e. The van der Waals surface area contributed by atoms with E-state index in [0.717, 1.165) is 6.07 Å². The number of rotatable bonds is 5. The summed E-state index contributed by atoms with van der Waals surface area (Å²) in [6.45, 7) is 0.754. The predicted octanol–water partition coefficient (Wildman–Crippen LogP) is 0.752. The minimum absolute atomic E-state index is 0.0735. The van der Waals surface area contributed by atoms with Crippen LogP contribution in [-0.4, -0.2) is 43.1 Å². The average Bonchev–Trinajstić information content (AvgIpc) is 2.14. The number of carbonyl (C=O) groups excluding carboxylic acids is 1. The monoisotopic (exact) mass is 240 g/mol. The quantitative estimate of drug-likeness (QED) is 0.798. The fourth-order valence-electron chi connectivity index (χ4n) is 1.47. The van der Waals surface area contributed by atoms with E-state index in [0.29, 0.717) is 25.1 Å². The number of halogens is 1. The van der Waals surface area contributed by atoms with E-state index in [2.05, 4.69) is 5.32 Å². The fourth-order valence-corrected chi connectivity index (χ4v) is 1.47.